The Morgan fingerprint density at radius 2 is 1.95 bits per heavy atom. The highest BCUT2D eigenvalue weighted by Crippen LogP contribution is 2.26. The molecule has 1 aromatic rings. The van der Waals surface area contributed by atoms with Gasteiger partial charge < -0.3 is 9.53 Å². The molecule has 6 heteroatoms. The summed E-state index contributed by atoms with van der Waals surface area (Å²) in [5.74, 6) is 0. The van der Waals surface area contributed by atoms with Crippen LogP contribution < -0.4 is 0 Å². The van der Waals surface area contributed by atoms with Gasteiger partial charge in [-0.05, 0) is 40.7 Å². The largest absolute Gasteiger partial charge is 0.444 e. The van der Waals surface area contributed by atoms with Crippen molar-refractivity contribution in [2.24, 2.45) is 7.05 Å². The molecular formula is C14H23N3O3. The van der Waals surface area contributed by atoms with Gasteiger partial charge in [-0.3, -0.25) is 9.58 Å². The third-order valence-electron chi connectivity index (χ3n) is 3.23. The van der Waals surface area contributed by atoms with Gasteiger partial charge in [-0.15, -0.1) is 0 Å². The van der Waals surface area contributed by atoms with E-state index in [0.717, 1.165) is 5.69 Å². The average molecular weight is 281 g/mol. The smallest absolute Gasteiger partial charge is 0.411 e. The molecule has 0 aliphatic carbocycles. The van der Waals surface area contributed by atoms with E-state index in [4.69, 9.17) is 4.74 Å². The van der Waals surface area contributed by atoms with Crippen LogP contribution in [0.3, 0.4) is 0 Å². The number of amides is 1. The van der Waals surface area contributed by atoms with E-state index in [1.54, 1.807) is 45.5 Å². The van der Waals surface area contributed by atoms with Crippen LogP contribution in [0.5, 0.6) is 0 Å². The van der Waals surface area contributed by atoms with Crippen molar-refractivity contribution in [1.29, 1.82) is 0 Å². The molecule has 0 radical (unpaired) electrons. The molecule has 1 heterocycles. The molecule has 0 aromatic carbocycles. The third-order valence-corrected chi connectivity index (χ3v) is 3.23. The van der Waals surface area contributed by atoms with Gasteiger partial charge in [0.1, 0.15) is 11.1 Å². The molecule has 1 atom stereocenters. The zero-order chi connectivity index (χ0) is 15.7. The van der Waals surface area contributed by atoms with E-state index in [9.17, 15) is 9.59 Å². The molecule has 1 aromatic heterocycles. The quantitative estimate of drug-likeness (QED) is 0.795. The predicted molar refractivity (Wildman–Crippen MR) is 75.4 cm³/mol. The lowest BCUT2D eigenvalue weighted by molar-refractivity contribution is -0.117. The SMILES string of the molecule is Cc1cc(C(C)(C=O)N(C)C(=O)OC(C)(C)C)nn1C. The van der Waals surface area contributed by atoms with Gasteiger partial charge in [0, 0.05) is 19.8 Å². The first-order chi connectivity index (χ1) is 9.01. The van der Waals surface area contributed by atoms with Gasteiger partial charge >= 0.3 is 6.09 Å². The number of nitrogens with zero attached hydrogens (tertiary/aromatic N) is 3. The Bertz CT molecular complexity index is 497. The van der Waals surface area contributed by atoms with Crippen LogP contribution in [0, 0.1) is 6.92 Å². The Balaban J connectivity index is 3.10. The van der Waals surface area contributed by atoms with Crippen LogP contribution in [-0.4, -0.2) is 39.7 Å². The molecule has 20 heavy (non-hydrogen) atoms. The Morgan fingerprint density at radius 3 is 2.30 bits per heavy atom. The standard InChI is InChI=1S/C14H23N3O3/c1-10-8-11(15-17(10)7)14(5,9-18)16(6)12(19)20-13(2,3)4/h8-9H,1-7H3. The lowest BCUT2D eigenvalue weighted by atomic mass is 9.98. The van der Waals surface area contributed by atoms with Crippen molar-refractivity contribution >= 4 is 12.4 Å². The Kier molecular flexibility index (Phi) is 4.27. The predicted octanol–water partition coefficient (Wildman–Crippen LogP) is 2.01. The van der Waals surface area contributed by atoms with Crippen molar-refractivity contribution in [3.8, 4) is 0 Å². The van der Waals surface area contributed by atoms with Gasteiger partial charge in [-0.2, -0.15) is 5.10 Å². The van der Waals surface area contributed by atoms with Crippen molar-refractivity contribution in [2.45, 2.75) is 45.8 Å². The summed E-state index contributed by atoms with van der Waals surface area (Å²) < 4.78 is 6.97. The first-order valence-corrected chi connectivity index (χ1v) is 6.45. The maximum Gasteiger partial charge on any atom is 0.411 e. The van der Waals surface area contributed by atoms with Crippen LogP contribution in [0.15, 0.2) is 6.07 Å². The minimum absolute atomic E-state index is 0.515. The second-order valence-electron chi connectivity index (χ2n) is 6.10. The van der Waals surface area contributed by atoms with Crippen LogP contribution in [0.2, 0.25) is 0 Å². The Hall–Kier alpha value is -1.85. The number of carbonyl (C=O) groups excluding carboxylic acids is 2. The van der Waals surface area contributed by atoms with E-state index >= 15 is 0 Å². The van der Waals surface area contributed by atoms with E-state index < -0.39 is 17.2 Å². The van der Waals surface area contributed by atoms with Crippen molar-refractivity contribution in [3.05, 3.63) is 17.5 Å². The molecule has 0 saturated heterocycles. The highest BCUT2D eigenvalue weighted by atomic mass is 16.6. The van der Waals surface area contributed by atoms with E-state index in [0.29, 0.717) is 12.0 Å². The summed E-state index contributed by atoms with van der Waals surface area (Å²) >= 11 is 0. The summed E-state index contributed by atoms with van der Waals surface area (Å²) in [6.07, 6.45) is 0.147. The van der Waals surface area contributed by atoms with Gasteiger partial charge in [-0.25, -0.2) is 4.79 Å². The van der Waals surface area contributed by atoms with Gasteiger partial charge in [-0.1, -0.05) is 0 Å². The molecule has 6 nitrogen and oxygen atoms in total. The highest BCUT2D eigenvalue weighted by molar-refractivity contribution is 5.77. The van der Waals surface area contributed by atoms with Crippen molar-refractivity contribution in [1.82, 2.24) is 14.7 Å². The molecule has 0 spiro atoms. The highest BCUT2D eigenvalue weighted by Gasteiger charge is 2.39. The van der Waals surface area contributed by atoms with Crippen LogP contribution in [-0.2, 0) is 22.1 Å². The number of likely N-dealkylation sites (N-methyl/N-ethyl adjacent to an activating group) is 1. The number of rotatable bonds is 3. The number of hydrogen-bond acceptors (Lipinski definition) is 4. The van der Waals surface area contributed by atoms with Gasteiger partial charge in [0.15, 0.2) is 6.29 Å². The van der Waals surface area contributed by atoms with E-state index in [1.807, 2.05) is 6.92 Å². The van der Waals surface area contributed by atoms with Crippen LogP contribution in [0.1, 0.15) is 39.1 Å². The maximum atomic E-state index is 12.1. The molecule has 0 aliphatic heterocycles. The van der Waals surface area contributed by atoms with Crippen LogP contribution in [0.25, 0.3) is 0 Å². The molecule has 0 saturated carbocycles. The normalized spacial score (nSPS) is 14.6. The summed E-state index contributed by atoms with van der Waals surface area (Å²) in [6, 6.07) is 1.79. The number of carbonyl (C=O) groups is 2. The average Bonchev–Trinajstić information content (AvgIpc) is 2.66. The number of ether oxygens (including phenoxy) is 1. The fraction of sp³-hybridized carbons (Fsp3) is 0.643. The van der Waals surface area contributed by atoms with Crippen molar-refractivity contribution < 1.29 is 14.3 Å². The maximum absolute atomic E-state index is 12.1. The lowest BCUT2D eigenvalue weighted by Crippen LogP contribution is -2.48. The van der Waals surface area contributed by atoms with Crippen LogP contribution in [0.4, 0.5) is 4.79 Å². The Morgan fingerprint density at radius 1 is 1.40 bits per heavy atom. The third kappa shape index (κ3) is 3.18. The molecule has 1 rings (SSSR count). The molecule has 1 unspecified atom stereocenters. The van der Waals surface area contributed by atoms with E-state index in [2.05, 4.69) is 5.10 Å². The summed E-state index contributed by atoms with van der Waals surface area (Å²) in [7, 11) is 3.32. The molecule has 0 aliphatic rings. The number of hydrogen-bond donors (Lipinski definition) is 0. The second kappa shape index (κ2) is 5.26. The molecule has 0 fully saturated rings. The van der Waals surface area contributed by atoms with Crippen molar-refractivity contribution in [3.63, 3.8) is 0 Å². The number of aromatic nitrogens is 2. The summed E-state index contributed by atoms with van der Waals surface area (Å²) in [6.45, 7) is 8.87. The molecule has 112 valence electrons. The lowest BCUT2D eigenvalue weighted by Gasteiger charge is -2.34. The van der Waals surface area contributed by atoms with E-state index in [-0.39, 0.29) is 0 Å². The molecule has 0 bridgehead atoms. The van der Waals surface area contributed by atoms with Crippen LogP contribution >= 0.6 is 0 Å². The fourth-order valence-electron chi connectivity index (χ4n) is 1.64. The number of aldehydes is 1. The second-order valence-corrected chi connectivity index (χ2v) is 6.10. The minimum atomic E-state index is -1.16. The van der Waals surface area contributed by atoms with Crippen molar-refractivity contribution in [2.75, 3.05) is 7.05 Å². The fourth-order valence-corrected chi connectivity index (χ4v) is 1.64. The van der Waals surface area contributed by atoms with Gasteiger partial charge in [0.25, 0.3) is 0 Å². The first kappa shape index (κ1) is 16.2. The monoisotopic (exact) mass is 281 g/mol. The Labute approximate surface area is 119 Å². The summed E-state index contributed by atoms with van der Waals surface area (Å²) in [5, 5.41) is 4.29. The van der Waals surface area contributed by atoms with Gasteiger partial charge in [0.2, 0.25) is 0 Å². The number of aryl methyl sites for hydroxylation is 2. The minimum Gasteiger partial charge on any atom is -0.444 e. The summed E-state index contributed by atoms with van der Waals surface area (Å²) in [5.41, 5.74) is -0.352. The zero-order valence-electron chi connectivity index (χ0n) is 13.2. The summed E-state index contributed by atoms with van der Waals surface area (Å²) in [4.78, 5) is 25.0. The first-order valence-electron chi connectivity index (χ1n) is 6.45. The molecule has 0 N–H and O–H groups in total. The zero-order valence-corrected chi connectivity index (χ0v) is 13.2. The topological polar surface area (TPSA) is 64.4 Å². The van der Waals surface area contributed by atoms with Gasteiger partial charge in [0.05, 0.1) is 5.69 Å². The molecular weight excluding hydrogens is 258 g/mol. The van der Waals surface area contributed by atoms with E-state index in [1.165, 1.54) is 11.9 Å². The molecule has 1 amide bonds.